The fourth-order valence-electron chi connectivity index (χ4n) is 2.14. The summed E-state index contributed by atoms with van der Waals surface area (Å²) in [5, 5.41) is 12.4. The van der Waals surface area contributed by atoms with Crippen molar-refractivity contribution in [3.05, 3.63) is 58.1 Å². The molecule has 0 aliphatic heterocycles. The molecule has 3 rings (SSSR count). The third-order valence-corrected chi connectivity index (χ3v) is 4.35. The number of amides is 1. The van der Waals surface area contributed by atoms with E-state index in [-0.39, 0.29) is 11.9 Å². The maximum Gasteiger partial charge on any atom is 0.322 e. The summed E-state index contributed by atoms with van der Waals surface area (Å²) in [7, 11) is 0. The van der Waals surface area contributed by atoms with Crippen molar-refractivity contribution in [2.45, 2.75) is 26.2 Å². The van der Waals surface area contributed by atoms with Crippen LogP contribution in [-0.4, -0.2) is 22.7 Å². The zero-order valence-electron chi connectivity index (χ0n) is 13.9. The Hall–Kier alpha value is -2.67. The molecule has 7 heteroatoms. The molecule has 0 unspecified atom stereocenters. The number of nitrogens with one attached hydrogen (secondary N) is 1. The number of hydrogen-bond donors (Lipinski definition) is 1. The lowest BCUT2D eigenvalue weighted by molar-refractivity contribution is 0.102. The van der Waals surface area contributed by atoms with Gasteiger partial charge in [0.25, 0.3) is 5.91 Å². The summed E-state index contributed by atoms with van der Waals surface area (Å²) in [6, 6.07) is 11.0. The monoisotopic (exact) mass is 357 g/mol. The molecule has 0 spiro atoms. The number of carbonyl (C=O) groups excluding carboxylic acids is 1. The van der Waals surface area contributed by atoms with E-state index >= 15 is 0 Å². The highest BCUT2D eigenvalue weighted by Crippen LogP contribution is 2.17. The lowest BCUT2D eigenvalue weighted by Gasteiger charge is -2.06. The van der Waals surface area contributed by atoms with Crippen molar-refractivity contribution in [2.75, 3.05) is 11.9 Å². The molecule has 0 atom stereocenters. The van der Waals surface area contributed by atoms with E-state index in [4.69, 9.17) is 9.15 Å². The molecule has 0 bridgehead atoms. The zero-order chi connectivity index (χ0) is 17.5. The van der Waals surface area contributed by atoms with Crippen molar-refractivity contribution in [1.29, 1.82) is 0 Å². The Labute approximate surface area is 149 Å². The maximum atomic E-state index is 12.2. The van der Waals surface area contributed by atoms with Gasteiger partial charge in [0.2, 0.25) is 5.89 Å². The Morgan fingerprint density at radius 1 is 1.24 bits per heavy atom. The maximum absolute atomic E-state index is 12.2. The Bertz CT molecular complexity index is 797. The van der Waals surface area contributed by atoms with Gasteiger partial charge in [-0.05, 0) is 42.1 Å². The minimum Gasteiger partial charge on any atom is -0.494 e. The molecule has 2 aromatic heterocycles. The lowest BCUT2D eigenvalue weighted by atomic mass is 10.2. The molecule has 0 saturated carbocycles. The van der Waals surface area contributed by atoms with E-state index in [9.17, 15) is 4.79 Å². The molecule has 3 aromatic rings. The van der Waals surface area contributed by atoms with Gasteiger partial charge in [-0.1, -0.05) is 24.5 Å². The number of ether oxygens (including phenoxy) is 1. The van der Waals surface area contributed by atoms with Crippen LogP contribution in [0.1, 0.15) is 40.9 Å². The van der Waals surface area contributed by atoms with Gasteiger partial charge in [-0.25, -0.2) is 0 Å². The zero-order valence-corrected chi connectivity index (χ0v) is 14.7. The predicted molar refractivity (Wildman–Crippen MR) is 96.2 cm³/mol. The minimum absolute atomic E-state index is 0.0971. The van der Waals surface area contributed by atoms with E-state index in [1.807, 2.05) is 17.5 Å². The van der Waals surface area contributed by atoms with E-state index < -0.39 is 0 Å². The Kier molecular flexibility index (Phi) is 5.79. The number of hydrogen-bond acceptors (Lipinski definition) is 6. The van der Waals surface area contributed by atoms with Gasteiger partial charge in [0.15, 0.2) is 0 Å². The van der Waals surface area contributed by atoms with Gasteiger partial charge in [0.05, 0.1) is 13.0 Å². The molecule has 130 valence electrons. The van der Waals surface area contributed by atoms with Crippen molar-refractivity contribution in [2.24, 2.45) is 0 Å². The number of rotatable bonds is 8. The van der Waals surface area contributed by atoms with E-state index in [2.05, 4.69) is 22.4 Å². The molecule has 25 heavy (non-hydrogen) atoms. The van der Waals surface area contributed by atoms with Crippen LogP contribution in [0, 0.1) is 0 Å². The van der Waals surface area contributed by atoms with E-state index in [1.165, 1.54) is 0 Å². The van der Waals surface area contributed by atoms with Gasteiger partial charge >= 0.3 is 6.01 Å². The molecule has 1 N–H and O–H groups in total. The van der Waals surface area contributed by atoms with Gasteiger partial charge in [-0.15, -0.1) is 16.4 Å². The van der Waals surface area contributed by atoms with Crippen LogP contribution >= 0.6 is 11.3 Å². The van der Waals surface area contributed by atoms with Gasteiger partial charge in [-0.2, -0.15) is 0 Å². The fourth-order valence-corrected chi connectivity index (χ4v) is 2.84. The van der Waals surface area contributed by atoms with Crippen molar-refractivity contribution in [3.63, 3.8) is 0 Å². The fraction of sp³-hybridized carbons (Fsp3) is 0.278. The van der Waals surface area contributed by atoms with Crippen molar-refractivity contribution < 1.29 is 13.9 Å². The van der Waals surface area contributed by atoms with Crippen LogP contribution in [-0.2, 0) is 6.42 Å². The average Bonchev–Trinajstić information content (AvgIpc) is 3.28. The summed E-state index contributed by atoms with van der Waals surface area (Å²) < 4.78 is 11.0. The number of aromatic nitrogens is 2. The first-order chi connectivity index (χ1) is 12.2. The summed E-state index contributed by atoms with van der Waals surface area (Å²) in [6.07, 6.45) is 2.65. The van der Waals surface area contributed by atoms with Crippen LogP contribution in [0.25, 0.3) is 0 Å². The van der Waals surface area contributed by atoms with Gasteiger partial charge in [0.1, 0.15) is 5.75 Å². The van der Waals surface area contributed by atoms with E-state index in [0.29, 0.717) is 24.5 Å². The molecule has 0 aliphatic carbocycles. The van der Waals surface area contributed by atoms with Crippen molar-refractivity contribution >= 4 is 23.3 Å². The number of unbranched alkanes of at least 4 members (excludes halogenated alkanes) is 1. The number of carbonyl (C=O) groups is 1. The summed E-state index contributed by atoms with van der Waals surface area (Å²) in [4.78, 5) is 13.4. The second-order valence-electron chi connectivity index (χ2n) is 5.44. The first-order valence-corrected chi connectivity index (χ1v) is 9.01. The summed E-state index contributed by atoms with van der Waals surface area (Å²) in [6.45, 7) is 2.79. The molecule has 0 saturated heterocycles. The molecule has 0 aliphatic rings. The second kappa shape index (κ2) is 8.43. The Balaban J connectivity index is 1.55. The quantitative estimate of drug-likeness (QED) is 0.613. The highest BCUT2D eigenvalue weighted by molar-refractivity contribution is 7.09. The SMILES string of the molecule is CCCCOc1ccc(C(=O)Nc2nnc(Cc3cccs3)o2)cc1. The summed E-state index contributed by atoms with van der Waals surface area (Å²) in [5.41, 5.74) is 0.501. The Morgan fingerprint density at radius 3 is 2.80 bits per heavy atom. The average molecular weight is 357 g/mol. The molecule has 0 radical (unpaired) electrons. The lowest BCUT2D eigenvalue weighted by Crippen LogP contribution is -2.12. The van der Waals surface area contributed by atoms with Crippen LogP contribution < -0.4 is 10.1 Å². The van der Waals surface area contributed by atoms with Gasteiger partial charge in [0, 0.05) is 10.4 Å². The largest absolute Gasteiger partial charge is 0.494 e. The van der Waals surface area contributed by atoms with Crippen LogP contribution in [0.4, 0.5) is 6.01 Å². The predicted octanol–water partition coefficient (Wildman–Crippen LogP) is 4.15. The highest BCUT2D eigenvalue weighted by atomic mass is 32.1. The standard InChI is InChI=1S/C18H19N3O3S/c1-2-3-10-23-14-8-6-13(7-9-14)17(22)19-18-21-20-16(24-18)12-15-5-4-11-25-15/h4-9,11H,2-3,10,12H2,1H3,(H,19,21,22). The number of nitrogens with zero attached hydrogens (tertiary/aromatic N) is 2. The van der Waals surface area contributed by atoms with Gasteiger partial charge in [-0.3, -0.25) is 10.1 Å². The van der Waals surface area contributed by atoms with Crippen LogP contribution in [0.5, 0.6) is 5.75 Å². The Morgan fingerprint density at radius 2 is 2.08 bits per heavy atom. The third kappa shape index (κ3) is 4.90. The normalized spacial score (nSPS) is 10.6. The van der Waals surface area contributed by atoms with E-state index in [1.54, 1.807) is 35.6 Å². The summed E-state index contributed by atoms with van der Waals surface area (Å²) in [5.74, 6) is 0.921. The summed E-state index contributed by atoms with van der Waals surface area (Å²) >= 11 is 1.62. The van der Waals surface area contributed by atoms with Crippen LogP contribution in [0.2, 0.25) is 0 Å². The second-order valence-corrected chi connectivity index (χ2v) is 6.47. The molecule has 2 heterocycles. The molecule has 1 amide bonds. The van der Waals surface area contributed by atoms with Crippen molar-refractivity contribution in [1.82, 2.24) is 10.2 Å². The number of thiophene rings is 1. The van der Waals surface area contributed by atoms with Crippen molar-refractivity contribution in [3.8, 4) is 5.75 Å². The van der Waals surface area contributed by atoms with E-state index in [0.717, 1.165) is 23.5 Å². The highest BCUT2D eigenvalue weighted by Gasteiger charge is 2.12. The number of benzene rings is 1. The number of anilines is 1. The van der Waals surface area contributed by atoms with Crippen LogP contribution in [0.15, 0.2) is 46.2 Å². The van der Waals surface area contributed by atoms with Gasteiger partial charge < -0.3 is 9.15 Å². The third-order valence-electron chi connectivity index (χ3n) is 3.48. The first-order valence-electron chi connectivity index (χ1n) is 8.13. The molecular weight excluding hydrogens is 338 g/mol. The molecule has 1 aromatic carbocycles. The first kappa shape index (κ1) is 17.2. The van der Waals surface area contributed by atoms with Crippen LogP contribution in [0.3, 0.4) is 0 Å². The topological polar surface area (TPSA) is 77.2 Å². The smallest absolute Gasteiger partial charge is 0.322 e. The molecule has 0 fully saturated rings. The molecular formula is C18H19N3O3S. The molecule has 6 nitrogen and oxygen atoms in total. The minimum atomic E-state index is -0.300.